The third kappa shape index (κ3) is 2.82. The average molecular weight is 346 g/mol. The van der Waals surface area contributed by atoms with Gasteiger partial charge in [-0.15, -0.1) is 10.2 Å². The van der Waals surface area contributed by atoms with Gasteiger partial charge in [-0.2, -0.15) is 0 Å². The number of fused-ring (bicyclic) bond motifs is 2. The molecular weight excluding hydrogens is 316 g/mol. The summed E-state index contributed by atoms with van der Waals surface area (Å²) in [5.41, 5.74) is 0.165. The van der Waals surface area contributed by atoms with E-state index in [9.17, 15) is 0 Å². The van der Waals surface area contributed by atoms with Gasteiger partial charge in [0.25, 0.3) is 0 Å². The predicted molar refractivity (Wildman–Crippen MR) is 96.5 cm³/mol. The lowest BCUT2D eigenvalue weighted by atomic mass is 9.57. The van der Waals surface area contributed by atoms with Gasteiger partial charge < -0.3 is 19.9 Å². The fraction of sp³-hybridized carbons (Fsp3) is 0.833. The number of nitrogens with one attached hydrogen (secondary N) is 2. The molecule has 4 rings (SSSR count). The summed E-state index contributed by atoms with van der Waals surface area (Å²) in [5, 5.41) is 15.6. The molecule has 0 bridgehead atoms. The van der Waals surface area contributed by atoms with E-state index in [1.807, 2.05) is 14.0 Å². The Bertz CT molecular complexity index is 667. The van der Waals surface area contributed by atoms with Gasteiger partial charge in [0.2, 0.25) is 0 Å². The van der Waals surface area contributed by atoms with Crippen molar-refractivity contribution in [3.63, 3.8) is 0 Å². The Labute approximate surface area is 149 Å². The van der Waals surface area contributed by atoms with Gasteiger partial charge in [0.1, 0.15) is 11.6 Å². The van der Waals surface area contributed by atoms with Crippen LogP contribution in [0.4, 0.5) is 0 Å². The van der Waals surface area contributed by atoms with Crippen molar-refractivity contribution in [3.05, 3.63) is 11.6 Å². The van der Waals surface area contributed by atoms with Gasteiger partial charge in [0.05, 0.1) is 6.10 Å². The molecule has 0 amide bonds. The van der Waals surface area contributed by atoms with Gasteiger partial charge in [-0.1, -0.05) is 13.8 Å². The summed E-state index contributed by atoms with van der Waals surface area (Å²) in [7, 11) is 1.85. The summed E-state index contributed by atoms with van der Waals surface area (Å²) in [6, 6.07) is 0.434. The van der Waals surface area contributed by atoms with Gasteiger partial charge in [-0.05, 0) is 25.7 Å². The van der Waals surface area contributed by atoms with Crippen LogP contribution in [-0.4, -0.2) is 53.1 Å². The van der Waals surface area contributed by atoms with Crippen LogP contribution >= 0.6 is 0 Å². The number of rotatable bonds is 3. The highest BCUT2D eigenvalue weighted by molar-refractivity contribution is 5.80. The molecule has 3 aliphatic rings. The first-order valence-electron chi connectivity index (χ1n) is 9.48. The second-order valence-corrected chi connectivity index (χ2v) is 8.32. The maximum absolute atomic E-state index is 5.89. The van der Waals surface area contributed by atoms with Crippen LogP contribution < -0.4 is 10.6 Å². The summed E-state index contributed by atoms with van der Waals surface area (Å²) < 4.78 is 8.14. The van der Waals surface area contributed by atoms with E-state index in [0.717, 1.165) is 56.6 Å². The minimum atomic E-state index is 0.165. The van der Waals surface area contributed by atoms with E-state index in [1.165, 1.54) is 0 Å². The highest BCUT2D eigenvalue weighted by Crippen LogP contribution is 2.52. The van der Waals surface area contributed by atoms with Gasteiger partial charge in [0.15, 0.2) is 5.96 Å². The Morgan fingerprint density at radius 3 is 3.00 bits per heavy atom. The molecule has 1 aromatic heterocycles. The normalized spacial score (nSPS) is 33.4. The summed E-state index contributed by atoms with van der Waals surface area (Å²) in [6.45, 7) is 9.43. The van der Waals surface area contributed by atoms with Crippen LogP contribution in [0.3, 0.4) is 0 Å². The minimum Gasteiger partial charge on any atom is -0.377 e. The van der Waals surface area contributed by atoms with Crippen LogP contribution in [-0.2, 0) is 17.7 Å². The molecule has 2 aliphatic heterocycles. The van der Waals surface area contributed by atoms with E-state index in [-0.39, 0.29) is 5.41 Å². The first-order valence-corrected chi connectivity index (χ1v) is 9.48. The molecule has 7 nitrogen and oxygen atoms in total. The molecule has 0 aromatic carbocycles. The zero-order valence-electron chi connectivity index (χ0n) is 15.7. The molecule has 1 saturated carbocycles. The number of nitrogens with zero attached hydrogens (tertiary/aromatic N) is 4. The lowest BCUT2D eigenvalue weighted by Crippen LogP contribution is -2.68. The topological polar surface area (TPSA) is 76.4 Å². The lowest BCUT2D eigenvalue weighted by molar-refractivity contribution is -0.106. The van der Waals surface area contributed by atoms with Crippen molar-refractivity contribution in [2.45, 2.75) is 58.7 Å². The number of aryl methyl sites for hydroxylation is 2. The van der Waals surface area contributed by atoms with Crippen molar-refractivity contribution in [1.29, 1.82) is 0 Å². The molecule has 2 fully saturated rings. The highest BCUT2D eigenvalue weighted by atomic mass is 16.5. The molecule has 1 aromatic rings. The van der Waals surface area contributed by atoms with Crippen LogP contribution in [0.15, 0.2) is 4.99 Å². The summed E-state index contributed by atoms with van der Waals surface area (Å²) in [6.07, 6.45) is 3.71. The molecule has 1 aliphatic carbocycles. The zero-order chi connectivity index (χ0) is 17.6. The number of ether oxygens (including phenoxy) is 1. The van der Waals surface area contributed by atoms with E-state index in [1.54, 1.807) is 0 Å². The van der Waals surface area contributed by atoms with Crippen LogP contribution in [0, 0.1) is 24.2 Å². The number of hydrogen-bond acceptors (Lipinski definition) is 4. The monoisotopic (exact) mass is 346 g/mol. The first kappa shape index (κ1) is 16.8. The molecule has 138 valence electrons. The number of guanidine groups is 1. The highest BCUT2D eigenvalue weighted by Gasteiger charge is 2.59. The van der Waals surface area contributed by atoms with Crippen LogP contribution in [0.2, 0.25) is 0 Å². The third-order valence-electron chi connectivity index (χ3n) is 6.40. The fourth-order valence-electron chi connectivity index (χ4n) is 4.90. The van der Waals surface area contributed by atoms with Gasteiger partial charge in [0, 0.05) is 50.5 Å². The second kappa shape index (κ2) is 6.27. The lowest BCUT2D eigenvalue weighted by Gasteiger charge is -2.55. The SMILES string of the molecule is CN=C(NCC1CCc2nnc(C)n2C1)NC1C2CCOC2C1(C)C. The largest absolute Gasteiger partial charge is 0.377 e. The van der Waals surface area contributed by atoms with Crippen LogP contribution in [0.25, 0.3) is 0 Å². The molecule has 25 heavy (non-hydrogen) atoms. The standard InChI is InChI=1S/C18H30N6O/c1-11-22-23-14-6-5-12(10-24(11)14)9-20-17(19-4)21-15-13-7-8-25-16(13)18(15,2)3/h12-13,15-16H,5-10H2,1-4H3,(H2,19,20,21). The quantitative estimate of drug-likeness (QED) is 0.634. The van der Waals surface area contributed by atoms with E-state index in [2.05, 4.69) is 44.2 Å². The predicted octanol–water partition coefficient (Wildman–Crippen LogP) is 1.13. The Hall–Kier alpha value is -1.63. The Morgan fingerprint density at radius 1 is 1.36 bits per heavy atom. The second-order valence-electron chi connectivity index (χ2n) is 8.32. The van der Waals surface area contributed by atoms with Crippen molar-refractivity contribution in [1.82, 2.24) is 25.4 Å². The van der Waals surface area contributed by atoms with Gasteiger partial charge in [-0.25, -0.2) is 0 Å². The molecule has 0 radical (unpaired) electrons. The van der Waals surface area contributed by atoms with Gasteiger partial charge >= 0.3 is 0 Å². The molecule has 4 atom stereocenters. The maximum atomic E-state index is 5.89. The van der Waals surface area contributed by atoms with E-state index < -0.39 is 0 Å². The first-order chi connectivity index (χ1) is 12.0. The van der Waals surface area contributed by atoms with Crippen molar-refractivity contribution in [2.75, 3.05) is 20.2 Å². The minimum absolute atomic E-state index is 0.165. The number of aromatic nitrogens is 3. The maximum Gasteiger partial charge on any atom is 0.191 e. The van der Waals surface area contributed by atoms with Crippen LogP contribution in [0.5, 0.6) is 0 Å². The Balaban J connectivity index is 1.32. The van der Waals surface area contributed by atoms with Crippen molar-refractivity contribution < 1.29 is 4.74 Å². The molecule has 1 saturated heterocycles. The average Bonchev–Trinajstić information content (AvgIpc) is 3.21. The molecule has 3 heterocycles. The number of aliphatic imine (C=N–C) groups is 1. The molecule has 4 unspecified atom stereocenters. The Morgan fingerprint density at radius 2 is 2.20 bits per heavy atom. The smallest absolute Gasteiger partial charge is 0.191 e. The van der Waals surface area contributed by atoms with E-state index >= 15 is 0 Å². The fourth-order valence-corrected chi connectivity index (χ4v) is 4.90. The van der Waals surface area contributed by atoms with Gasteiger partial charge in [-0.3, -0.25) is 4.99 Å². The summed E-state index contributed by atoms with van der Waals surface area (Å²) >= 11 is 0. The zero-order valence-corrected chi connectivity index (χ0v) is 15.7. The number of hydrogen-bond donors (Lipinski definition) is 2. The molecule has 7 heteroatoms. The third-order valence-corrected chi connectivity index (χ3v) is 6.40. The van der Waals surface area contributed by atoms with Crippen LogP contribution in [0.1, 0.15) is 38.3 Å². The Kier molecular flexibility index (Phi) is 4.22. The summed E-state index contributed by atoms with van der Waals surface area (Å²) in [4.78, 5) is 4.45. The van der Waals surface area contributed by atoms with Crippen molar-refractivity contribution >= 4 is 5.96 Å². The molecule has 2 N–H and O–H groups in total. The summed E-state index contributed by atoms with van der Waals surface area (Å²) in [5.74, 6) is 4.25. The van der Waals surface area contributed by atoms with Crippen molar-refractivity contribution in [2.24, 2.45) is 22.2 Å². The van der Waals surface area contributed by atoms with E-state index in [0.29, 0.717) is 24.0 Å². The van der Waals surface area contributed by atoms with Crippen molar-refractivity contribution in [3.8, 4) is 0 Å². The molecular formula is C18H30N6O. The molecule has 0 spiro atoms. The van der Waals surface area contributed by atoms with E-state index in [4.69, 9.17) is 4.74 Å².